The van der Waals surface area contributed by atoms with Crippen molar-refractivity contribution in [2.24, 2.45) is 0 Å². The molecule has 0 aliphatic carbocycles. The number of rotatable bonds is 4. The summed E-state index contributed by atoms with van der Waals surface area (Å²) in [6, 6.07) is 6.13. The molecule has 7 nitrogen and oxygen atoms in total. The number of nitrogens with zero attached hydrogens (tertiary/aromatic N) is 2. The Hall–Kier alpha value is -2.41. The Balaban J connectivity index is 2.64. The van der Waals surface area contributed by atoms with E-state index >= 15 is 0 Å². The summed E-state index contributed by atoms with van der Waals surface area (Å²) >= 11 is 0. The lowest BCUT2D eigenvalue weighted by Crippen LogP contribution is -2.21. The maximum Gasteiger partial charge on any atom is 0.294 e. The Morgan fingerprint density at radius 1 is 1.42 bits per heavy atom. The zero-order valence-electron chi connectivity index (χ0n) is 10.6. The standard InChI is InChI=1S/C12H14N4O3/c1-8-9(7-13-2)12(17)15(14-8)10-5-3-4-6-11(10)16(18)19/h3-6,13-14H,7H2,1-2H3. The summed E-state index contributed by atoms with van der Waals surface area (Å²) in [5.41, 5.74) is 1.11. The van der Waals surface area contributed by atoms with Gasteiger partial charge in [-0.2, -0.15) is 0 Å². The predicted octanol–water partition coefficient (Wildman–Crippen LogP) is 1.10. The summed E-state index contributed by atoms with van der Waals surface area (Å²) in [5, 5.41) is 16.8. The van der Waals surface area contributed by atoms with Crippen LogP contribution >= 0.6 is 0 Å². The number of nitro groups is 1. The van der Waals surface area contributed by atoms with Gasteiger partial charge in [0.2, 0.25) is 0 Å². The fraction of sp³-hybridized carbons (Fsp3) is 0.250. The van der Waals surface area contributed by atoms with Crippen molar-refractivity contribution in [2.75, 3.05) is 7.05 Å². The monoisotopic (exact) mass is 262 g/mol. The summed E-state index contributed by atoms with van der Waals surface area (Å²) in [4.78, 5) is 22.7. The average molecular weight is 262 g/mol. The van der Waals surface area contributed by atoms with Crippen molar-refractivity contribution >= 4 is 5.69 Å². The van der Waals surface area contributed by atoms with E-state index in [0.29, 0.717) is 17.8 Å². The van der Waals surface area contributed by atoms with Gasteiger partial charge in [0.25, 0.3) is 11.2 Å². The number of H-pyrrole nitrogens is 1. The third-order valence-corrected chi connectivity index (χ3v) is 2.87. The number of aromatic nitrogens is 2. The van der Waals surface area contributed by atoms with Gasteiger partial charge in [-0.1, -0.05) is 12.1 Å². The molecule has 0 fully saturated rings. The molecule has 0 saturated heterocycles. The van der Waals surface area contributed by atoms with Gasteiger partial charge in [-0.25, -0.2) is 4.68 Å². The first kappa shape index (κ1) is 13.0. The molecule has 0 radical (unpaired) electrons. The van der Waals surface area contributed by atoms with E-state index < -0.39 is 4.92 Å². The molecule has 0 bridgehead atoms. The summed E-state index contributed by atoms with van der Waals surface area (Å²) in [6.07, 6.45) is 0. The van der Waals surface area contributed by atoms with Crippen LogP contribution in [-0.4, -0.2) is 21.8 Å². The van der Waals surface area contributed by atoms with Gasteiger partial charge in [0, 0.05) is 18.3 Å². The number of benzene rings is 1. The van der Waals surface area contributed by atoms with Crippen LogP contribution in [0.25, 0.3) is 5.69 Å². The topological polar surface area (TPSA) is 93.0 Å². The summed E-state index contributed by atoms with van der Waals surface area (Å²) in [5.74, 6) is 0. The maximum absolute atomic E-state index is 12.2. The summed E-state index contributed by atoms with van der Waals surface area (Å²) < 4.78 is 1.21. The highest BCUT2D eigenvalue weighted by Crippen LogP contribution is 2.20. The largest absolute Gasteiger partial charge is 0.315 e. The lowest BCUT2D eigenvalue weighted by atomic mass is 10.2. The zero-order valence-corrected chi connectivity index (χ0v) is 10.6. The lowest BCUT2D eigenvalue weighted by molar-refractivity contribution is -0.384. The van der Waals surface area contributed by atoms with E-state index in [1.807, 2.05) is 0 Å². The number of hydrogen-bond acceptors (Lipinski definition) is 4. The van der Waals surface area contributed by atoms with Crippen LogP contribution in [0.3, 0.4) is 0 Å². The molecule has 19 heavy (non-hydrogen) atoms. The van der Waals surface area contributed by atoms with Crippen LogP contribution in [0.1, 0.15) is 11.3 Å². The Bertz CT molecular complexity index is 672. The quantitative estimate of drug-likeness (QED) is 0.637. The zero-order chi connectivity index (χ0) is 14.0. The fourth-order valence-corrected chi connectivity index (χ4v) is 1.94. The maximum atomic E-state index is 12.2. The highest BCUT2D eigenvalue weighted by atomic mass is 16.6. The molecule has 0 atom stereocenters. The SMILES string of the molecule is CNCc1c(C)[nH]n(-c2ccccc2[N+](=O)[O-])c1=O. The Morgan fingerprint density at radius 2 is 2.11 bits per heavy atom. The van der Waals surface area contributed by atoms with Gasteiger partial charge in [-0.05, 0) is 20.0 Å². The molecular weight excluding hydrogens is 248 g/mol. The predicted molar refractivity (Wildman–Crippen MR) is 70.5 cm³/mol. The number of para-hydroxylation sites is 2. The van der Waals surface area contributed by atoms with Crippen molar-refractivity contribution in [1.82, 2.24) is 15.1 Å². The molecule has 0 spiro atoms. The first-order valence-electron chi connectivity index (χ1n) is 5.75. The van der Waals surface area contributed by atoms with Crippen molar-refractivity contribution in [3.63, 3.8) is 0 Å². The molecule has 0 aliphatic rings. The van der Waals surface area contributed by atoms with E-state index in [-0.39, 0.29) is 16.9 Å². The van der Waals surface area contributed by atoms with Crippen LogP contribution < -0.4 is 10.9 Å². The molecule has 1 aromatic carbocycles. The van der Waals surface area contributed by atoms with E-state index in [1.165, 1.54) is 10.7 Å². The number of nitrogens with one attached hydrogen (secondary N) is 2. The van der Waals surface area contributed by atoms with Crippen LogP contribution in [0.2, 0.25) is 0 Å². The molecule has 1 heterocycles. The Labute approximate surface area is 109 Å². The average Bonchev–Trinajstić information content (AvgIpc) is 2.67. The Kier molecular flexibility index (Phi) is 3.48. The van der Waals surface area contributed by atoms with E-state index in [4.69, 9.17) is 0 Å². The molecule has 0 unspecified atom stereocenters. The highest BCUT2D eigenvalue weighted by molar-refractivity contribution is 5.51. The molecule has 1 aromatic heterocycles. The molecule has 7 heteroatoms. The highest BCUT2D eigenvalue weighted by Gasteiger charge is 2.19. The fourth-order valence-electron chi connectivity index (χ4n) is 1.94. The van der Waals surface area contributed by atoms with Gasteiger partial charge in [0.05, 0.1) is 10.5 Å². The first-order chi connectivity index (χ1) is 9.06. The minimum atomic E-state index is -0.504. The van der Waals surface area contributed by atoms with Crippen LogP contribution in [-0.2, 0) is 6.54 Å². The van der Waals surface area contributed by atoms with E-state index in [2.05, 4.69) is 10.4 Å². The van der Waals surface area contributed by atoms with Gasteiger partial charge in [-0.3, -0.25) is 20.0 Å². The van der Waals surface area contributed by atoms with Crippen LogP contribution in [0.15, 0.2) is 29.1 Å². The van der Waals surface area contributed by atoms with Gasteiger partial charge in [-0.15, -0.1) is 0 Å². The van der Waals surface area contributed by atoms with Crippen molar-refractivity contribution in [1.29, 1.82) is 0 Å². The molecule has 100 valence electrons. The number of hydrogen-bond donors (Lipinski definition) is 2. The second-order valence-electron chi connectivity index (χ2n) is 4.13. The molecule has 2 N–H and O–H groups in total. The minimum Gasteiger partial charge on any atom is -0.315 e. The van der Waals surface area contributed by atoms with Crippen molar-refractivity contribution in [3.05, 3.63) is 56.0 Å². The van der Waals surface area contributed by atoms with Crippen molar-refractivity contribution < 1.29 is 4.92 Å². The van der Waals surface area contributed by atoms with Crippen molar-refractivity contribution in [2.45, 2.75) is 13.5 Å². The lowest BCUT2D eigenvalue weighted by Gasteiger charge is -2.02. The second-order valence-corrected chi connectivity index (χ2v) is 4.13. The smallest absolute Gasteiger partial charge is 0.294 e. The second kappa shape index (κ2) is 5.07. The van der Waals surface area contributed by atoms with E-state index in [0.717, 1.165) is 0 Å². The minimum absolute atomic E-state index is 0.109. The van der Waals surface area contributed by atoms with Crippen LogP contribution in [0.5, 0.6) is 0 Å². The summed E-state index contributed by atoms with van der Waals surface area (Å²) in [7, 11) is 1.74. The van der Waals surface area contributed by atoms with Crippen LogP contribution in [0.4, 0.5) is 5.69 Å². The number of aromatic amines is 1. The molecule has 2 aromatic rings. The molecule has 0 aliphatic heterocycles. The molecular formula is C12H14N4O3. The molecule has 0 saturated carbocycles. The molecule has 0 amide bonds. The van der Waals surface area contributed by atoms with Gasteiger partial charge in [0.1, 0.15) is 5.69 Å². The third-order valence-electron chi connectivity index (χ3n) is 2.87. The summed E-state index contributed by atoms with van der Waals surface area (Å²) in [6.45, 7) is 2.17. The molecule has 2 rings (SSSR count). The van der Waals surface area contributed by atoms with Crippen LogP contribution in [0, 0.1) is 17.0 Å². The van der Waals surface area contributed by atoms with E-state index in [9.17, 15) is 14.9 Å². The van der Waals surface area contributed by atoms with Gasteiger partial charge in [0.15, 0.2) is 0 Å². The van der Waals surface area contributed by atoms with Gasteiger partial charge < -0.3 is 5.32 Å². The van der Waals surface area contributed by atoms with Gasteiger partial charge >= 0.3 is 0 Å². The van der Waals surface area contributed by atoms with E-state index in [1.54, 1.807) is 32.2 Å². The van der Waals surface area contributed by atoms with Crippen molar-refractivity contribution in [3.8, 4) is 5.69 Å². The Morgan fingerprint density at radius 3 is 2.74 bits per heavy atom. The normalized spacial score (nSPS) is 10.6. The first-order valence-corrected chi connectivity index (χ1v) is 5.75. The number of aryl methyl sites for hydroxylation is 1. The third kappa shape index (κ3) is 2.27. The number of nitro benzene ring substituents is 1.